The van der Waals surface area contributed by atoms with Gasteiger partial charge in [-0.05, 0) is 34.7 Å². The predicted octanol–water partition coefficient (Wildman–Crippen LogP) is 2.69. The number of primary amides is 1. The van der Waals surface area contributed by atoms with Crippen LogP contribution in [0.2, 0.25) is 5.02 Å². The summed E-state index contributed by atoms with van der Waals surface area (Å²) in [7, 11) is 1.65. The number of carbonyl (C=O) groups is 2. The van der Waals surface area contributed by atoms with Crippen LogP contribution < -0.4 is 16.0 Å². The fourth-order valence-electron chi connectivity index (χ4n) is 2.89. The fraction of sp³-hybridized carbons (Fsp3) is 0.250. The SMILES string of the molecule is CN1C(=O)[C@H](NC(N)=O)Cc2csc(Cc3cc(F)ccc3Cl)c21. The molecule has 0 spiro atoms. The average Bonchev–Trinajstić information content (AvgIpc) is 2.90. The molecular weight excluding hydrogens is 353 g/mol. The van der Waals surface area contributed by atoms with E-state index in [2.05, 4.69) is 5.32 Å². The van der Waals surface area contributed by atoms with E-state index in [0.29, 0.717) is 23.4 Å². The summed E-state index contributed by atoms with van der Waals surface area (Å²) in [6, 6.07) is 2.84. The Kier molecular flexibility index (Phi) is 4.47. The summed E-state index contributed by atoms with van der Waals surface area (Å²) in [6.45, 7) is 0. The number of hydrogen-bond donors (Lipinski definition) is 2. The predicted molar refractivity (Wildman–Crippen MR) is 92.2 cm³/mol. The zero-order valence-electron chi connectivity index (χ0n) is 12.8. The van der Waals surface area contributed by atoms with Crippen LogP contribution in [0.3, 0.4) is 0 Å². The van der Waals surface area contributed by atoms with E-state index in [1.807, 2.05) is 5.38 Å². The van der Waals surface area contributed by atoms with Crippen molar-refractivity contribution >= 4 is 40.6 Å². The van der Waals surface area contributed by atoms with Crippen molar-refractivity contribution in [3.05, 3.63) is 50.4 Å². The molecule has 1 aliphatic heterocycles. The zero-order valence-corrected chi connectivity index (χ0v) is 14.4. The summed E-state index contributed by atoms with van der Waals surface area (Å²) in [5.74, 6) is -0.582. The highest BCUT2D eigenvalue weighted by Gasteiger charge is 2.34. The molecule has 0 fully saturated rings. The maximum Gasteiger partial charge on any atom is 0.312 e. The van der Waals surface area contributed by atoms with E-state index in [4.69, 9.17) is 17.3 Å². The lowest BCUT2D eigenvalue weighted by molar-refractivity contribution is -0.120. The quantitative estimate of drug-likeness (QED) is 0.875. The summed E-state index contributed by atoms with van der Waals surface area (Å²) in [4.78, 5) is 25.9. The highest BCUT2D eigenvalue weighted by Crippen LogP contribution is 2.38. The van der Waals surface area contributed by atoms with Crippen molar-refractivity contribution in [2.24, 2.45) is 5.73 Å². The number of benzene rings is 1. The monoisotopic (exact) mass is 367 g/mol. The van der Waals surface area contributed by atoms with Crippen molar-refractivity contribution in [1.82, 2.24) is 5.32 Å². The first-order valence-corrected chi connectivity index (χ1v) is 8.49. The number of hydrogen-bond acceptors (Lipinski definition) is 3. The Morgan fingerprint density at radius 1 is 1.54 bits per heavy atom. The van der Waals surface area contributed by atoms with Gasteiger partial charge in [-0.15, -0.1) is 11.3 Å². The Morgan fingerprint density at radius 3 is 3.00 bits per heavy atom. The summed E-state index contributed by atoms with van der Waals surface area (Å²) in [6.07, 6.45) is 0.816. The van der Waals surface area contributed by atoms with Crippen LogP contribution in [0.4, 0.5) is 14.9 Å². The minimum Gasteiger partial charge on any atom is -0.352 e. The van der Waals surface area contributed by atoms with Gasteiger partial charge in [0.2, 0.25) is 5.91 Å². The maximum atomic E-state index is 13.5. The molecule has 1 aliphatic rings. The molecule has 0 aliphatic carbocycles. The highest BCUT2D eigenvalue weighted by atomic mass is 35.5. The van der Waals surface area contributed by atoms with E-state index in [1.54, 1.807) is 7.05 Å². The number of nitrogens with zero attached hydrogens (tertiary/aromatic N) is 1. The molecule has 24 heavy (non-hydrogen) atoms. The van der Waals surface area contributed by atoms with E-state index in [-0.39, 0.29) is 11.7 Å². The van der Waals surface area contributed by atoms with Crippen LogP contribution in [0.5, 0.6) is 0 Å². The number of carbonyl (C=O) groups excluding carboxylic acids is 2. The number of anilines is 1. The summed E-state index contributed by atoms with van der Waals surface area (Å²) in [5.41, 5.74) is 7.53. The molecule has 3 N–H and O–H groups in total. The van der Waals surface area contributed by atoms with Crippen molar-refractivity contribution in [2.45, 2.75) is 18.9 Å². The number of thiophene rings is 1. The average molecular weight is 368 g/mol. The molecule has 1 aromatic heterocycles. The fourth-order valence-corrected chi connectivity index (χ4v) is 4.19. The Bertz CT molecular complexity index is 824. The van der Waals surface area contributed by atoms with E-state index in [9.17, 15) is 14.0 Å². The summed E-state index contributed by atoms with van der Waals surface area (Å²) in [5, 5.41) is 4.88. The molecule has 0 saturated heterocycles. The molecule has 0 saturated carbocycles. The zero-order chi connectivity index (χ0) is 17.4. The third kappa shape index (κ3) is 3.09. The number of fused-ring (bicyclic) bond motifs is 1. The lowest BCUT2D eigenvalue weighted by atomic mass is 9.98. The van der Waals surface area contributed by atoms with Crippen LogP contribution in [-0.4, -0.2) is 25.0 Å². The number of halogens is 2. The van der Waals surface area contributed by atoms with E-state index in [1.165, 1.54) is 34.4 Å². The van der Waals surface area contributed by atoms with Crippen molar-refractivity contribution in [2.75, 3.05) is 11.9 Å². The van der Waals surface area contributed by atoms with Crippen molar-refractivity contribution in [3.63, 3.8) is 0 Å². The van der Waals surface area contributed by atoms with E-state index < -0.39 is 12.1 Å². The van der Waals surface area contributed by atoms with Gasteiger partial charge in [0, 0.05) is 29.8 Å². The van der Waals surface area contributed by atoms with Gasteiger partial charge in [0.05, 0.1) is 5.69 Å². The van der Waals surface area contributed by atoms with Gasteiger partial charge in [0.15, 0.2) is 0 Å². The number of nitrogens with one attached hydrogen (secondary N) is 1. The second-order valence-corrected chi connectivity index (χ2v) is 6.98. The minimum absolute atomic E-state index is 0.230. The molecule has 3 rings (SSSR count). The molecule has 5 nitrogen and oxygen atoms in total. The second-order valence-electron chi connectivity index (χ2n) is 5.61. The van der Waals surface area contributed by atoms with Crippen molar-refractivity contribution in [1.29, 1.82) is 0 Å². The molecule has 1 aromatic carbocycles. The minimum atomic E-state index is -0.729. The van der Waals surface area contributed by atoms with Gasteiger partial charge in [-0.1, -0.05) is 11.6 Å². The normalized spacial score (nSPS) is 16.9. The molecule has 1 atom stereocenters. The number of rotatable bonds is 3. The van der Waals surface area contributed by atoms with Crippen LogP contribution >= 0.6 is 22.9 Å². The second kappa shape index (κ2) is 6.41. The van der Waals surface area contributed by atoms with Gasteiger partial charge in [-0.25, -0.2) is 9.18 Å². The third-order valence-corrected chi connectivity index (χ3v) is 5.37. The lowest BCUT2D eigenvalue weighted by Gasteiger charge is -2.30. The van der Waals surface area contributed by atoms with Gasteiger partial charge in [0.25, 0.3) is 0 Å². The van der Waals surface area contributed by atoms with Crippen LogP contribution in [0.25, 0.3) is 0 Å². The highest BCUT2D eigenvalue weighted by molar-refractivity contribution is 7.10. The molecule has 0 bridgehead atoms. The maximum absolute atomic E-state index is 13.5. The Hall–Kier alpha value is -2.12. The number of amides is 3. The van der Waals surface area contributed by atoms with Gasteiger partial charge in [-0.2, -0.15) is 0 Å². The van der Waals surface area contributed by atoms with Gasteiger partial charge < -0.3 is 16.0 Å². The van der Waals surface area contributed by atoms with Crippen LogP contribution in [0, 0.1) is 5.82 Å². The smallest absolute Gasteiger partial charge is 0.312 e. The molecule has 3 amide bonds. The molecule has 126 valence electrons. The first-order chi connectivity index (χ1) is 11.4. The topological polar surface area (TPSA) is 75.4 Å². The largest absolute Gasteiger partial charge is 0.352 e. The first kappa shape index (κ1) is 16.7. The first-order valence-electron chi connectivity index (χ1n) is 7.23. The Morgan fingerprint density at radius 2 is 2.29 bits per heavy atom. The van der Waals surface area contributed by atoms with Crippen LogP contribution in [0.15, 0.2) is 23.6 Å². The van der Waals surface area contributed by atoms with Gasteiger partial charge in [0.1, 0.15) is 11.9 Å². The van der Waals surface area contributed by atoms with Gasteiger partial charge in [-0.3, -0.25) is 4.79 Å². The van der Waals surface area contributed by atoms with Gasteiger partial charge >= 0.3 is 6.03 Å². The summed E-state index contributed by atoms with van der Waals surface area (Å²) >= 11 is 7.62. The summed E-state index contributed by atoms with van der Waals surface area (Å²) < 4.78 is 13.5. The number of urea groups is 1. The molecule has 2 heterocycles. The lowest BCUT2D eigenvalue weighted by Crippen LogP contribution is -2.52. The molecular formula is C16H15ClFN3O2S. The van der Waals surface area contributed by atoms with Crippen molar-refractivity contribution < 1.29 is 14.0 Å². The number of nitrogens with two attached hydrogens (primary N) is 1. The molecule has 2 aromatic rings. The Labute approximate surface area is 147 Å². The Balaban J connectivity index is 1.92. The number of likely N-dealkylation sites (N-methyl/N-ethyl adjacent to an activating group) is 1. The van der Waals surface area contributed by atoms with Crippen LogP contribution in [-0.2, 0) is 17.6 Å². The van der Waals surface area contributed by atoms with E-state index in [0.717, 1.165) is 16.1 Å². The van der Waals surface area contributed by atoms with E-state index >= 15 is 0 Å². The standard InChI is InChI=1S/C16H15ClFN3O2S/c1-21-14-9(5-12(15(21)22)20-16(19)23)7-24-13(14)6-8-4-10(18)2-3-11(8)17/h2-4,7,12H,5-6H2,1H3,(H3,19,20,23)/t12-/m1/s1. The molecule has 8 heteroatoms. The van der Waals surface area contributed by atoms with Crippen LogP contribution in [0.1, 0.15) is 16.0 Å². The molecule has 0 unspecified atom stereocenters. The molecule has 0 radical (unpaired) electrons. The third-order valence-electron chi connectivity index (χ3n) is 3.98. The van der Waals surface area contributed by atoms with Crippen molar-refractivity contribution in [3.8, 4) is 0 Å².